The molecule has 3 aromatic rings. The first-order valence-electron chi connectivity index (χ1n) is 8.07. The van der Waals surface area contributed by atoms with Crippen molar-refractivity contribution in [2.75, 3.05) is 31.2 Å². The Bertz CT molecular complexity index is 1040. The largest absolute Gasteiger partial charge is 0.378 e. The third-order valence-electron chi connectivity index (χ3n) is 4.22. The van der Waals surface area contributed by atoms with E-state index in [2.05, 4.69) is 15.0 Å². The third kappa shape index (κ3) is 2.83. The number of para-hydroxylation sites is 1. The molecule has 3 heterocycles. The van der Waals surface area contributed by atoms with Gasteiger partial charge in [-0.3, -0.25) is 14.3 Å². The van der Waals surface area contributed by atoms with E-state index in [4.69, 9.17) is 17.0 Å². The molecule has 0 spiro atoms. The molecule has 1 fully saturated rings. The number of nitrogens with zero attached hydrogens (tertiary/aromatic N) is 4. The van der Waals surface area contributed by atoms with Crippen molar-refractivity contribution >= 4 is 29.2 Å². The van der Waals surface area contributed by atoms with Gasteiger partial charge in [0, 0.05) is 18.8 Å². The lowest BCUT2D eigenvalue weighted by Gasteiger charge is -2.27. The predicted octanol–water partition coefficient (Wildman–Crippen LogP) is 1.98. The van der Waals surface area contributed by atoms with Crippen LogP contribution in [0.3, 0.4) is 0 Å². The summed E-state index contributed by atoms with van der Waals surface area (Å²) in [5.74, 6) is 1.20. The van der Waals surface area contributed by atoms with Gasteiger partial charge in [-0.25, -0.2) is 4.98 Å². The van der Waals surface area contributed by atoms with Gasteiger partial charge < -0.3 is 9.64 Å². The molecular formula is C17H17N5O2S. The van der Waals surface area contributed by atoms with Crippen LogP contribution in [0.15, 0.2) is 35.1 Å². The topological polar surface area (TPSA) is 76.0 Å². The molecule has 1 saturated heterocycles. The number of aromatic nitrogens is 4. The molecule has 2 aromatic heterocycles. The quantitative estimate of drug-likeness (QED) is 0.709. The molecule has 0 saturated carbocycles. The minimum absolute atomic E-state index is 0.270. The minimum Gasteiger partial charge on any atom is -0.378 e. The first-order chi connectivity index (χ1) is 12.1. The molecule has 1 N–H and O–H groups in total. The molecule has 7 nitrogen and oxygen atoms in total. The zero-order valence-corrected chi connectivity index (χ0v) is 14.5. The second-order valence-corrected chi connectivity index (χ2v) is 6.21. The van der Waals surface area contributed by atoms with Crippen LogP contribution in [-0.4, -0.2) is 45.8 Å². The number of hydrogen-bond donors (Lipinski definition) is 1. The average Bonchev–Trinajstić information content (AvgIpc) is 2.62. The van der Waals surface area contributed by atoms with Gasteiger partial charge in [0.1, 0.15) is 15.9 Å². The molecule has 0 aliphatic carbocycles. The molecule has 0 radical (unpaired) electrons. The number of anilines is 1. The first-order valence-corrected chi connectivity index (χ1v) is 8.48. The van der Waals surface area contributed by atoms with Gasteiger partial charge in [0.05, 0.1) is 13.2 Å². The summed E-state index contributed by atoms with van der Waals surface area (Å²) >= 11 is 5.58. The van der Waals surface area contributed by atoms with E-state index in [-0.39, 0.29) is 5.56 Å². The molecule has 0 atom stereocenters. The number of nitrogens with one attached hydrogen (secondary N) is 1. The molecule has 0 bridgehead atoms. The molecule has 0 amide bonds. The van der Waals surface area contributed by atoms with Crippen LogP contribution in [0.5, 0.6) is 0 Å². The van der Waals surface area contributed by atoms with E-state index < -0.39 is 0 Å². The van der Waals surface area contributed by atoms with Crippen LogP contribution >= 0.6 is 12.2 Å². The van der Waals surface area contributed by atoms with Crippen molar-refractivity contribution in [2.24, 2.45) is 0 Å². The van der Waals surface area contributed by atoms with Crippen LogP contribution in [0.4, 0.5) is 5.95 Å². The van der Waals surface area contributed by atoms with Gasteiger partial charge in [-0.15, -0.1) is 0 Å². The van der Waals surface area contributed by atoms with E-state index in [1.807, 2.05) is 42.2 Å². The number of aromatic amines is 1. The highest BCUT2D eigenvalue weighted by Crippen LogP contribution is 2.17. The summed E-state index contributed by atoms with van der Waals surface area (Å²) in [6.07, 6.45) is 0. The van der Waals surface area contributed by atoms with Gasteiger partial charge in [-0.1, -0.05) is 30.4 Å². The monoisotopic (exact) mass is 355 g/mol. The number of aryl methyl sites for hydroxylation is 1. The number of H-pyrrole nitrogens is 1. The Kier molecular flexibility index (Phi) is 4.06. The number of rotatable bonds is 2. The normalized spacial score (nSPS) is 14.8. The summed E-state index contributed by atoms with van der Waals surface area (Å²) in [6.45, 7) is 4.46. The van der Waals surface area contributed by atoms with Crippen molar-refractivity contribution in [3.63, 3.8) is 0 Å². The third-order valence-corrected chi connectivity index (χ3v) is 4.61. The minimum atomic E-state index is -0.270. The highest BCUT2D eigenvalue weighted by Gasteiger charge is 2.17. The highest BCUT2D eigenvalue weighted by molar-refractivity contribution is 7.71. The first kappa shape index (κ1) is 15.9. The molecule has 8 heteroatoms. The zero-order valence-electron chi connectivity index (χ0n) is 13.7. The van der Waals surface area contributed by atoms with Gasteiger partial charge in [0.15, 0.2) is 5.65 Å². The average molecular weight is 355 g/mol. The van der Waals surface area contributed by atoms with Crippen LogP contribution in [0.1, 0.15) is 5.82 Å². The fraction of sp³-hybridized carbons (Fsp3) is 0.294. The van der Waals surface area contributed by atoms with E-state index in [0.29, 0.717) is 53.8 Å². The highest BCUT2D eigenvalue weighted by atomic mass is 32.1. The zero-order chi connectivity index (χ0) is 17.4. The Morgan fingerprint density at radius 1 is 1.16 bits per heavy atom. The van der Waals surface area contributed by atoms with Crippen molar-refractivity contribution in [2.45, 2.75) is 6.92 Å². The van der Waals surface area contributed by atoms with Crippen molar-refractivity contribution in [1.82, 2.24) is 19.5 Å². The standard InChI is InChI=1S/C17H17N5O2S/c1-11-18-14-13(16(25)22(11)12-5-3-2-4-6-12)15(23)20-17(19-14)21-7-9-24-10-8-21/h2-6H,7-10H2,1H3,(H,19,20,23). The van der Waals surface area contributed by atoms with E-state index in [9.17, 15) is 4.79 Å². The van der Waals surface area contributed by atoms with E-state index in [1.54, 1.807) is 4.57 Å². The molecule has 0 unspecified atom stereocenters. The van der Waals surface area contributed by atoms with Crippen molar-refractivity contribution in [3.05, 3.63) is 51.2 Å². The fourth-order valence-electron chi connectivity index (χ4n) is 2.99. The van der Waals surface area contributed by atoms with Gasteiger partial charge in [0.25, 0.3) is 5.56 Å². The van der Waals surface area contributed by atoms with Gasteiger partial charge in [-0.05, 0) is 19.1 Å². The smallest absolute Gasteiger partial charge is 0.264 e. The van der Waals surface area contributed by atoms with Crippen LogP contribution in [0.2, 0.25) is 0 Å². The van der Waals surface area contributed by atoms with E-state index in [0.717, 1.165) is 5.69 Å². The lowest BCUT2D eigenvalue weighted by molar-refractivity contribution is 0.122. The van der Waals surface area contributed by atoms with Crippen molar-refractivity contribution in [1.29, 1.82) is 0 Å². The lowest BCUT2D eigenvalue weighted by Crippen LogP contribution is -2.38. The molecule has 1 aliphatic heterocycles. The Morgan fingerprint density at radius 2 is 1.88 bits per heavy atom. The maximum atomic E-state index is 12.7. The van der Waals surface area contributed by atoms with Crippen molar-refractivity contribution < 1.29 is 4.74 Å². The van der Waals surface area contributed by atoms with Gasteiger partial charge in [-0.2, -0.15) is 4.98 Å². The lowest BCUT2D eigenvalue weighted by atomic mass is 10.3. The maximum Gasteiger partial charge on any atom is 0.264 e. The summed E-state index contributed by atoms with van der Waals surface area (Å²) in [6, 6.07) is 9.63. The summed E-state index contributed by atoms with van der Waals surface area (Å²) < 4.78 is 7.55. The van der Waals surface area contributed by atoms with Crippen molar-refractivity contribution in [3.8, 4) is 5.69 Å². The van der Waals surface area contributed by atoms with Crippen LogP contribution in [0.25, 0.3) is 16.7 Å². The summed E-state index contributed by atoms with van der Waals surface area (Å²) in [5, 5.41) is 0.335. The molecule has 1 aliphatic rings. The van der Waals surface area contributed by atoms with Crippen LogP contribution < -0.4 is 10.5 Å². The number of hydrogen-bond acceptors (Lipinski definition) is 6. The predicted molar refractivity (Wildman–Crippen MR) is 98.1 cm³/mol. The second-order valence-electron chi connectivity index (χ2n) is 5.82. The van der Waals surface area contributed by atoms with Crippen LogP contribution in [0, 0.1) is 11.6 Å². The van der Waals surface area contributed by atoms with Gasteiger partial charge >= 0.3 is 0 Å². The Morgan fingerprint density at radius 3 is 2.60 bits per heavy atom. The molecule has 128 valence electrons. The molecule has 1 aromatic carbocycles. The van der Waals surface area contributed by atoms with E-state index >= 15 is 0 Å². The number of morpholine rings is 1. The fourth-order valence-corrected chi connectivity index (χ4v) is 3.41. The Labute approximate surface area is 148 Å². The second kappa shape index (κ2) is 6.38. The summed E-state index contributed by atoms with van der Waals surface area (Å²) in [7, 11) is 0. The number of ether oxygens (including phenoxy) is 1. The number of fused-ring (bicyclic) bond motifs is 1. The maximum absolute atomic E-state index is 12.7. The SMILES string of the molecule is Cc1nc2nc(N3CCOCC3)[nH]c(=O)c2c(=S)n1-c1ccccc1. The Hall–Kier alpha value is -2.58. The van der Waals surface area contributed by atoms with Gasteiger partial charge in [0.2, 0.25) is 5.95 Å². The summed E-state index contributed by atoms with van der Waals surface area (Å²) in [5.41, 5.74) is 0.977. The molecule has 4 rings (SSSR count). The molecule has 25 heavy (non-hydrogen) atoms. The van der Waals surface area contributed by atoms with E-state index in [1.165, 1.54) is 0 Å². The number of benzene rings is 1. The van der Waals surface area contributed by atoms with Crippen LogP contribution in [-0.2, 0) is 4.74 Å². The Balaban J connectivity index is 1.92. The molecular weight excluding hydrogens is 338 g/mol. The summed E-state index contributed by atoms with van der Waals surface area (Å²) in [4.78, 5) is 26.6.